The van der Waals surface area contributed by atoms with E-state index in [2.05, 4.69) is 21.2 Å². The van der Waals surface area contributed by atoms with Crippen LogP contribution < -0.4 is 10.1 Å². The minimum Gasteiger partial charge on any atom is -0.497 e. The number of aliphatic carboxylic acids is 1. The molecule has 1 atom stereocenters. The number of carbonyl (C=O) groups is 2. The zero-order chi connectivity index (χ0) is 14.4. The van der Waals surface area contributed by atoms with Crippen LogP contribution in [-0.4, -0.2) is 43.9 Å². The third-order valence-electron chi connectivity index (χ3n) is 2.43. The summed E-state index contributed by atoms with van der Waals surface area (Å²) in [6.45, 7) is -0.117. The largest absolute Gasteiger partial charge is 0.497 e. The van der Waals surface area contributed by atoms with E-state index in [-0.39, 0.29) is 6.54 Å². The van der Waals surface area contributed by atoms with Crippen molar-refractivity contribution in [3.05, 3.63) is 28.2 Å². The van der Waals surface area contributed by atoms with Crippen LogP contribution in [0.3, 0.4) is 0 Å². The molecule has 0 radical (unpaired) electrons. The number of nitrogens with one attached hydrogen (secondary N) is 1. The number of amides is 1. The van der Waals surface area contributed by atoms with Gasteiger partial charge in [-0.2, -0.15) is 0 Å². The average molecular weight is 332 g/mol. The number of hydrogen-bond donors (Lipinski definition) is 2. The molecule has 19 heavy (non-hydrogen) atoms. The van der Waals surface area contributed by atoms with Gasteiger partial charge in [0.2, 0.25) is 0 Å². The second-order valence-corrected chi connectivity index (χ2v) is 4.47. The number of methoxy groups -OCH3 is 2. The smallest absolute Gasteiger partial charge is 0.334 e. The van der Waals surface area contributed by atoms with Crippen molar-refractivity contribution in [1.29, 1.82) is 0 Å². The Morgan fingerprint density at radius 1 is 1.42 bits per heavy atom. The highest BCUT2D eigenvalue weighted by Gasteiger charge is 2.18. The lowest BCUT2D eigenvalue weighted by Crippen LogP contribution is -2.37. The van der Waals surface area contributed by atoms with Gasteiger partial charge in [0.05, 0.1) is 19.2 Å². The van der Waals surface area contributed by atoms with Gasteiger partial charge < -0.3 is 19.9 Å². The third-order valence-corrected chi connectivity index (χ3v) is 3.12. The van der Waals surface area contributed by atoms with Crippen molar-refractivity contribution in [3.63, 3.8) is 0 Å². The maximum atomic E-state index is 11.9. The maximum Gasteiger partial charge on any atom is 0.334 e. The van der Waals surface area contributed by atoms with Gasteiger partial charge in [-0.25, -0.2) is 4.79 Å². The third kappa shape index (κ3) is 4.22. The monoisotopic (exact) mass is 331 g/mol. The molecule has 0 aliphatic carbocycles. The van der Waals surface area contributed by atoms with Crippen LogP contribution in [0.2, 0.25) is 0 Å². The molecule has 6 nitrogen and oxygen atoms in total. The number of benzene rings is 1. The Morgan fingerprint density at radius 2 is 2.11 bits per heavy atom. The summed E-state index contributed by atoms with van der Waals surface area (Å²) < 4.78 is 10.3. The summed E-state index contributed by atoms with van der Waals surface area (Å²) in [6, 6.07) is 4.94. The minimum atomic E-state index is -1.13. The van der Waals surface area contributed by atoms with Crippen molar-refractivity contribution < 1.29 is 24.2 Å². The fourth-order valence-corrected chi connectivity index (χ4v) is 1.78. The van der Waals surface area contributed by atoms with Crippen molar-refractivity contribution in [2.45, 2.75) is 6.10 Å². The summed E-state index contributed by atoms with van der Waals surface area (Å²) in [5, 5.41) is 11.3. The van der Waals surface area contributed by atoms with E-state index in [9.17, 15) is 9.59 Å². The molecule has 2 N–H and O–H groups in total. The Kier molecular flexibility index (Phi) is 5.78. The molecule has 0 aliphatic heterocycles. The number of carboxylic acids is 1. The van der Waals surface area contributed by atoms with Gasteiger partial charge in [-0.3, -0.25) is 4.79 Å². The summed E-state index contributed by atoms with van der Waals surface area (Å²) in [5.74, 6) is -1.00. The van der Waals surface area contributed by atoms with Crippen LogP contribution in [0.1, 0.15) is 10.4 Å². The first-order valence-corrected chi connectivity index (χ1v) is 6.16. The molecule has 0 saturated carbocycles. The fraction of sp³-hybridized carbons (Fsp3) is 0.333. The van der Waals surface area contributed by atoms with E-state index < -0.39 is 18.0 Å². The molecule has 1 aromatic rings. The number of carboxylic acid groups (broad SMARTS) is 1. The molecule has 0 aliphatic rings. The summed E-state index contributed by atoms with van der Waals surface area (Å²) in [4.78, 5) is 22.7. The Labute approximate surface area is 118 Å². The topological polar surface area (TPSA) is 84.9 Å². The highest BCUT2D eigenvalue weighted by Crippen LogP contribution is 2.22. The molecule has 1 unspecified atom stereocenters. The Balaban J connectivity index is 2.75. The fourth-order valence-electron chi connectivity index (χ4n) is 1.36. The zero-order valence-electron chi connectivity index (χ0n) is 10.5. The molecule has 0 saturated heterocycles. The number of halogens is 1. The van der Waals surface area contributed by atoms with Crippen molar-refractivity contribution in [2.24, 2.45) is 0 Å². The van der Waals surface area contributed by atoms with Crippen LogP contribution in [0, 0.1) is 0 Å². The van der Waals surface area contributed by atoms with Crippen LogP contribution in [-0.2, 0) is 9.53 Å². The summed E-state index contributed by atoms with van der Waals surface area (Å²) in [7, 11) is 2.77. The van der Waals surface area contributed by atoms with E-state index >= 15 is 0 Å². The Hall–Kier alpha value is -1.60. The summed E-state index contributed by atoms with van der Waals surface area (Å²) in [5.41, 5.74) is 0.361. The standard InChI is InChI=1S/C12H14BrNO5/c1-18-7-3-4-9(13)8(5-7)11(15)14-6-10(19-2)12(16)17/h3-5,10H,6H2,1-2H3,(H,14,15)(H,16,17). The van der Waals surface area contributed by atoms with E-state index in [4.69, 9.17) is 14.6 Å². The van der Waals surface area contributed by atoms with E-state index in [1.54, 1.807) is 18.2 Å². The van der Waals surface area contributed by atoms with Crippen LogP contribution in [0.15, 0.2) is 22.7 Å². The molecule has 0 aromatic heterocycles. The zero-order valence-corrected chi connectivity index (χ0v) is 12.1. The molecular weight excluding hydrogens is 318 g/mol. The molecule has 1 rings (SSSR count). The maximum absolute atomic E-state index is 11.9. The van der Waals surface area contributed by atoms with Gasteiger partial charge in [-0.05, 0) is 34.1 Å². The lowest BCUT2D eigenvalue weighted by molar-refractivity contribution is -0.148. The Morgan fingerprint density at radius 3 is 2.63 bits per heavy atom. The van der Waals surface area contributed by atoms with Crippen molar-refractivity contribution in [3.8, 4) is 5.75 Å². The molecule has 0 bridgehead atoms. The van der Waals surface area contributed by atoms with Crippen molar-refractivity contribution in [2.75, 3.05) is 20.8 Å². The van der Waals surface area contributed by atoms with Gasteiger partial charge in [0, 0.05) is 11.6 Å². The first-order chi connectivity index (χ1) is 8.99. The van der Waals surface area contributed by atoms with E-state index in [0.29, 0.717) is 15.8 Å². The van der Waals surface area contributed by atoms with Gasteiger partial charge >= 0.3 is 5.97 Å². The molecule has 0 heterocycles. The van der Waals surface area contributed by atoms with E-state index in [1.807, 2.05) is 0 Å². The number of ether oxygens (including phenoxy) is 2. The van der Waals surface area contributed by atoms with Gasteiger partial charge in [0.15, 0.2) is 6.10 Å². The predicted molar refractivity (Wildman–Crippen MR) is 71.5 cm³/mol. The van der Waals surface area contributed by atoms with Crippen LogP contribution in [0.25, 0.3) is 0 Å². The minimum absolute atomic E-state index is 0.117. The number of carbonyl (C=O) groups excluding carboxylic acids is 1. The SMILES string of the molecule is COc1ccc(Br)c(C(=O)NCC(OC)C(=O)O)c1. The van der Waals surface area contributed by atoms with Crippen molar-refractivity contribution >= 4 is 27.8 Å². The second-order valence-electron chi connectivity index (χ2n) is 3.62. The molecule has 7 heteroatoms. The highest BCUT2D eigenvalue weighted by molar-refractivity contribution is 9.10. The first-order valence-electron chi connectivity index (χ1n) is 5.37. The van der Waals surface area contributed by atoms with E-state index in [0.717, 1.165) is 0 Å². The van der Waals surface area contributed by atoms with Crippen LogP contribution in [0.4, 0.5) is 0 Å². The summed E-state index contributed by atoms with van der Waals surface area (Å²) >= 11 is 3.25. The Bertz CT molecular complexity index is 477. The van der Waals surface area contributed by atoms with Gasteiger partial charge in [-0.1, -0.05) is 0 Å². The number of hydrogen-bond acceptors (Lipinski definition) is 4. The summed E-state index contributed by atoms with van der Waals surface area (Å²) in [6.07, 6.45) is -1.08. The second kappa shape index (κ2) is 7.10. The van der Waals surface area contributed by atoms with Gasteiger partial charge in [0.25, 0.3) is 5.91 Å². The molecule has 0 spiro atoms. The molecule has 104 valence electrons. The highest BCUT2D eigenvalue weighted by atomic mass is 79.9. The lowest BCUT2D eigenvalue weighted by atomic mass is 10.2. The molecule has 1 aromatic carbocycles. The average Bonchev–Trinajstić information content (AvgIpc) is 2.39. The van der Waals surface area contributed by atoms with Crippen LogP contribution in [0.5, 0.6) is 5.75 Å². The van der Waals surface area contributed by atoms with Crippen molar-refractivity contribution in [1.82, 2.24) is 5.32 Å². The number of rotatable bonds is 6. The molecule has 0 fully saturated rings. The van der Waals surface area contributed by atoms with Gasteiger partial charge in [-0.15, -0.1) is 0 Å². The van der Waals surface area contributed by atoms with Crippen LogP contribution >= 0.6 is 15.9 Å². The normalized spacial score (nSPS) is 11.7. The lowest BCUT2D eigenvalue weighted by Gasteiger charge is -2.12. The molecule has 1 amide bonds. The van der Waals surface area contributed by atoms with Gasteiger partial charge in [0.1, 0.15) is 5.75 Å². The first kappa shape index (κ1) is 15.5. The predicted octanol–water partition coefficient (Wildman–Crippen LogP) is 1.29. The van der Waals surface area contributed by atoms with E-state index in [1.165, 1.54) is 14.2 Å². The quantitative estimate of drug-likeness (QED) is 0.820. The molecular formula is C12H14BrNO5.